The van der Waals surface area contributed by atoms with Gasteiger partial charge in [0.25, 0.3) is 5.56 Å². The molecule has 0 radical (unpaired) electrons. The van der Waals surface area contributed by atoms with Crippen LogP contribution in [0.3, 0.4) is 0 Å². The van der Waals surface area contributed by atoms with Gasteiger partial charge in [-0.05, 0) is 31.7 Å². The smallest absolute Gasteiger partial charge is 0.253 e. The summed E-state index contributed by atoms with van der Waals surface area (Å²) in [5.41, 5.74) is 0.537. The molecule has 5 nitrogen and oxygen atoms in total. The Morgan fingerprint density at radius 1 is 1.42 bits per heavy atom. The average Bonchev–Trinajstić information content (AvgIpc) is 2.44. The first-order valence-corrected chi connectivity index (χ1v) is 6.66. The number of likely N-dealkylation sites (tertiary alicyclic amines) is 1. The summed E-state index contributed by atoms with van der Waals surface area (Å²) < 4.78 is 1.45. The fraction of sp³-hybridized carbons (Fsp3) is 0.571. The Balaban J connectivity index is 1.98. The zero-order valence-electron chi connectivity index (χ0n) is 11.2. The van der Waals surface area contributed by atoms with Crippen LogP contribution in [0.25, 0.3) is 0 Å². The zero-order chi connectivity index (χ0) is 13.8. The van der Waals surface area contributed by atoms with Crippen LogP contribution in [0, 0.1) is 12.8 Å². The van der Waals surface area contributed by atoms with Crippen LogP contribution < -0.4 is 5.56 Å². The number of amides is 1. The van der Waals surface area contributed by atoms with Crippen LogP contribution in [0.1, 0.15) is 18.4 Å². The Labute approximate surface area is 112 Å². The number of nitrogens with zero attached hydrogens (tertiary/aromatic N) is 2. The molecular formula is C14H20N2O3. The zero-order valence-corrected chi connectivity index (χ0v) is 11.2. The minimum Gasteiger partial charge on any atom is -0.396 e. The van der Waals surface area contributed by atoms with Crippen LogP contribution in [0.5, 0.6) is 0 Å². The molecule has 0 saturated carbocycles. The van der Waals surface area contributed by atoms with Crippen molar-refractivity contribution in [2.75, 3.05) is 19.7 Å². The van der Waals surface area contributed by atoms with Gasteiger partial charge in [-0.25, -0.2) is 0 Å². The Kier molecular flexibility index (Phi) is 4.37. The molecule has 1 saturated heterocycles. The van der Waals surface area contributed by atoms with Gasteiger partial charge in [-0.1, -0.05) is 6.07 Å². The van der Waals surface area contributed by atoms with Gasteiger partial charge in [-0.2, -0.15) is 0 Å². The summed E-state index contributed by atoms with van der Waals surface area (Å²) in [6.07, 6.45) is 3.32. The van der Waals surface area contributed by atoms with E-state index in [4.69, 9.17) is 5.11 Å². The van der Waals surface area contributed by atoms with Crippen LogP contribution in [0.2, 0.25) is 0 Å². The standard InChI is InChI=1S/C14H20N2O3/c1-11-3-2-6-16(14(11)19)9-13(18)15-7-4-12(10-17)5-8-15/h2-3,6,12,17H,4-5,7-10H2,1H3. The van der Waals surface area contributed by atoms with Crippen molar-refractivity contribution in [1.82, 2.24) is 9.47 Å². The van der Waals surface area contributed by atoms with Crippen LogP contribution in [0.4, 0.5) is 0 Å². The topological polar surface area (TPSA) is 62.5 Å². The molecular weight excluding hydrogens is 244 g/mol. The molecule has 1 fully saturated rings. The lowest BCUT2D eigenvalue weighted by Gasteiger charge is -2.31. The highest BCUT2D eigenvalue weighted by atomic mass is 16.3. The van der Waals surface area contributed by atoms with Crippen LogP contribution in [0.15, 0.2) is 23.1 Å². The molecule has 0 aromatic carbocycles. The van der Waals surface area contributed by atoms with E-state index >= 15 is 0 Å². The van der Waals surface area contributed by atoms with E-state index in [1.54, 1.807) is 30.2 Å². The van der Waals surface area contributed by atoms with Crippen LogP contribution in [-0.2, 0) is 11.3 Å². The van der Waals surface area contributed by atoms with E-state index in [0.29, 0.717) is 24.6 Å². The number of hydrogen-bond acceptors (Lipinski definition) is 3. The molecule has 0 atom stereocenters. The van der Waals surface area contributed by atoms with Crippen molar-refractivity contribution in [3.63, 3.8) is 0 Å². The largest absolute Gasteiger partial charge is 0.396 e. The molecule has 0 unspecified atom stereocenters. The summed E-state index contributed by atoms with van der Waals surface area (Å²) in [6, 6.07) is 3.53. The quantitative estimate of drug-likeness (QED) is 0.859. The minimum absolute atomic E-state index is 0.0240. The second kappa shape index (κ2) is 6.02. The fourth-order valence-corrected chi connectivity index (χ4v) is 2.39. The Bertz CT molecular complexity index is 502. The van der Waals surface area contributed by atoms with Gasteiger partial charge < -0.3 is 14.6 Å². The molecule has 2 heterocycles. The van der Waals surface area contributed by atoms with Crippen molar-refractivity contribution in [1.29, 1.82) is 0 Å². The number of aliphatic hydroxyl groups excluding tert-OH is 1. The third-order valence-electron chi connectivity index (χ3n) is 3.74. The van der Waals surface area contributed by atoms with Crippen molar-refractivity contribution >= 4 is 5.91 Å². The third kappa shape index (κ3) is 3.23. The van der Waals surface area contributed by atoms with E-state index in [9.17, 15) is 9.59 Å². The maximum Gasteiger partial charge on any atom is 0.253 e. The fourth-order valence-electron chi connectivity index (χ4n) is 2.39. The second-order valence-electron chi connectivity index (χ2n) is 5.13. The molecule has 0 bridgehead atoms. The van der Waals surface area contributed by atoms with Crippen molar-refractivity contribution in [3.05, 3.63) is 34.2 Å². The minimum atomic E-state index is -0.110. The highest BCUT2D eigenvalue weighted by Crippen LogP contribution is 2.16. The van der Waals surface area contributed by atoms with Gasteiger partial charge in [0.05, 0.1) is 0 Å². The first-order chi connectivity index (χ1) is 9.11. The second-order valence-corrected chi connectivity index (χ2v) is 5.13. The average molecular weight is 264 g/mol. The molecule has 1 aliphatic heterocycles. The van der Waals surface area contributed by atoms with Crippen LogP contribution >= 0.6 is 0 Å². The Morgan fingerprint density at radius 2 is 2.11 bits per heavy atom. The highest BCUT2D eigenvalue weighted by Gasteiger charge is 2.22. The number of rotatable bonds is 3. The van der Waals surface area contributed by atoms with Gasteiger partial charge in [-0.15, -0.1) is 0 Å². The van der Waals surface area contributed by atoms with E-state index in [2.05, 4.69) is 0 Å². The predicted octanol–water partition coefficient (Wildman–Crippen LogP) is 0.388. The molecule has 19 heavy (non-hydrogen) atoms. The number of piperidine rings is 1. The first-order valence-electron chi connectivity index (χ1n) is 6.66. The van der Waals surface area contributed by atoms with Gasteiger partial charge in [0.2, 0.25) is 5.91 Å². The Hall–Kier alpha value is -1.62. The van der Waals surface area contributed by atoms with Gasteiger partial charge in [-0.3, -0.25) is 9.59 Å². The summed E-state index contributed by atoms with van der Waals surface area (Å²) in [6.45, 7) is 3.38. The number of aliphatic hydroxyl groups is 1. The number of aryl methyl sites for hydroxylation is 1. The maximum atomic E-state index is 12.1. The molecule has 2 rings (SSSR count). The molecule has 1 N–H and O–H groups in total. The summed E-state index contributed by atoms with van der Waals surface area (Å²) >= 11 is 0. The van der Waals surface area contributed by atoms with Crippen LogP contribution in [-0.4, -0.2) is 40.2 Å². The lowest BCUT2D eigenvalue weighted by atomic mass is 9.98. The number of carbonyl (C=O) groups is 1. The molecule has 1 aromatic rings. The molecule has 5 heteroatoms. The van der Waals surface area contributed by atoms with Gasteiger partial charge in [0, 0.05) is 31.5 Å². The van der Waals surface area contributed by atoms with E-state index in [-0.39, 0.29) is 24.6 Å². The van der Waals surface area contributed by atoms with Crippen molar-refractivity contribution in [2.24, 2.45) is 5.92 Å². The SMILES string of the molecule is Cc1cccn(CC(=O)N2CCC(CO)CC2)c1=O. The van der Waals surface area contributed by atoms with E-state index < -0.39 is 0 Å². The Morgan fingerprint density at radius 3 is 2.74 bits per heavy atom. The molecule has 1 amide bonds. The van der Waals surface area contributed by atoms with Crippen molar-refractivity contribution in [3.8, 4) is 0 Å². The predicted molar refractivity (Wildman–Crippen MR) is 71.8 cm³/mol. The highest BCUT2D eigenvalue weighted by molar-refractivity contribution is 5.76. The lowest BCUT2D eigenvalue weighted by molar-refractivity contribution is -0.133. The molecule has 0 aliphatic carbocycles. The lowest BCUT2D eigenvalue weighted by Crippen LogP contribution is -2.42. The summed E-state index contributed by atoms with van der Waals surface area (Å²) in [5, 5.41) is 9.07. The van der Waals surface area contributed by atoms with Gasteiger partial charge in [0.1, 0.15) is 6.54 Å². The monoisotopic (exact) mass is 264 g/mol. The number of carbonyl (C=O) groups excluding carboxylic acids is 1. The molecule has 1 aliphatic rings. The number of pyridine rings is 1. The summed E-state index contributed by atoms with van der Waals surface area (Å²) in [5.74, 6) is 0.287. The van der Waals surface area contributed by atoms with Crippen molar-refractivity contribution < 1.29 is 9.90 Å². The number of hydrogen-bond donors (Lipinski definition) is 1. The first kappa shape index (κ1) is 13.8. The van der Waals surface area contributed by atoms with E-state index in [1.807, 2.05) is 0 Å². The van der Waals surface area contributed by atoms with Gasteiger partial charge >= 0.3 is 0 Å². The molecule has 0 spiro atoms. The number of aromatic nitrogens is 1. The maximum absolute atomic E-state index is 12.1. The van der Waals surface area contributed by atoms with E-state index in [1.165, 1.54) is 4.57 Å². The molecule has 1 aromatic heterocycles. The van der Waals surface area contributed by atoms with Gasteiger partial charge in [0.15, 0.2) is 0 Å². The molecule has 104 valence electrons. The summed E-state index contributed by atoms with van der Waals surface area (Å²) in [7, 11) is 0. The van der Waals surface area contributed by atoms with E-state index in [0.717, 1.165) is 12.8 Å². The summed E-state index contributed by atoms with van der Waals surface area (Å²) in [4.78, 5) is 25.8. The van der Waals surface area contributed by atoms with Crippen molar-refractivity contribution in [2.45, 2.75) is 26.3 Å². The normalized spacial score (nSPS) is 16.6. The third-order valence-corrected chi connectivity index (χ3v) is 3.74.